The minimum Gasteiger partial charge on any atom is -0.462 e. The number of phosphoric acid groups is 1. The molecule has 366 valence electrons. The van der Waals surface area contributed by atoms with Crippen LogP contribution < -0.4 is 0 Å². The maximum absolute atomic E-state index is 12.8. The normalized spacial score (nSPS) is 22.8. The van der Waals surface area contributed by atoms with E-state index in [1.807, 2.05) is 12.2 Å². The summed E-state index contributed by atoms with van der Waals surface area (Å²) >= 11 is 0. The van der Waals surface area contributed by atoms with Gasteiger partial charge in [-0.25, -0.2) is 4.57 Å². The zero-order valence-corrected chi connectivity index (χ0v) is 39.3. The van der Waals surface area contributed by atoms with E-state index >= 15 is 0 Å². The van der Waals surface area contributed by atoms with Crippen LogP contribution in [0, 0.1) is 0 Å². The Morgan fingerprint density at radius 2 is 1.08 bits per heavy atom. The summed E-state index contributed by atoms with van der Waals surface area (Å²) < 4.78 is 33.3. The molecule has 9 atom stereocenters. The average Bonchev–Trinajstić information content (AvgIpc) is 3.27. The van der Waals surface area contributed by atoms with Crippen LogP contribution in [0.3, 0.4) is 0 Å². The Morgan fingerprint density at radius 1 is 0.578 bits per heavy atom. The van der Waals surface area contributed by atoms with Crippen molar-refractivity contribution in [2.24, 2.45) is 0 Å². The van der Waals surface area contributed by atoms with E-state index in [1.54, 1.807) is 12.2 Å². The molecule has 64 heavy (non-hydrogen) atoms. The number of ether oxygens (including phenoxy) is 2. The number of allylic oxidation sites excluding steroid dienone is 13. The minimum atomic E-state index is -5.18. The zero-order chi connectivity index (χ0) is 47.3. The molecule has 1 saturated carbocycles. The van der Waals surface area contributed by atoms with Gasteiger partial charge in [-0.1, -0.05) is 150 Å². The molecule has 1 aliphatic rings. The van der Waals surface area contributed by atoms with Crippen molar-refractivity contribution in [2.45, 2.75) is 198 Å². The first-order chi connectivity index (χ1) is 30.8. The van der Waals surface area contributed by atoms with Crippen molar-refractivity contribution in [1.82, 2.24) is 0 Å². The number of aliphatic hydroxyl groups excluding tert-OH is 6. The lowest BCUT2D eigenvalue weighted by atomic mass is 9.85. The van der Waals surface area contributed by atoms with Gasteiger partial charge in [0.15, 0.2) is 6.10 Å². The molecule has 0 aliphatic heterocycles. The fraction of sp³-hybridized carbons (Fsp3) is 0.673. The van der Waals surface area contributed by atoms with Crippen LogP contribution >= 0.6 is 7.82 Å². The van der Waals surface area contributed by atoms with Crippen LogP contribution in [0.2, 0.25) is 0 Å². The van der Waals surface area contributed by atoms with Crippen LogP contribution in [0.5, 0.6) is 0 Å². The molecule has 15 heteroatoms. The van der Waals surface area contributed by atoms with Crippen molar-refractivity contribution >= 4 is 19.8 Å². The molecule has 1 fully saturated rings. The number of carbonyl (C=O) groups excluding carboxylic acids is 2. The lowest BCUT2D eigenvalue weighted by Gasteiger charge is -2.41. The third-order valence-electron chi connectivity index (χ3n) is 10.3. The smallest absolute Gasteiger partial charge is 0.462 e. The Balaban J connectivity index is 2.57. The van der Waals surface area contributed by atoms with Crippen molar-refractivity contribution in [3.05, 3.63) is 85.1 Å². The summed E-state index contributed by atoms with van der Waals surface area (Å²) in [5, 5.41) is 60.5. The zero-order valence-electron chi connectivity index (χ0n) is 38.4. The highest BCUT2D eigenvalue weighted by molar-refractivity contribution is 7.47. The highest BCUT2D eigenvalue weighted by atomic mass is 31.2. The lowest BCUT2D eigenvalue weighted by molar-refractivity contribution is -0.220. The molecule has 7 N–H and O–H groups in total. The first kappa shape index (κ1) is 59.0. The first-order valence-corrected chi connectivity index (χ1v) is 25.0. The number of rotatable bonds is 37. The maximum atomic E-state index is 12.8. The van der Waals surface area contributed by atoms with Gasteiger partial charge in [0.1, 0.15) is 43.2 Å². The van der Waals surface area contributed by atoms with E-state index in [9.17, 15) is 49.7 Å². The van der Waals surface area contributed by atoms with Crippen LogP contribution in [0.4, 0.5) is 0 Å². The van der Waals surface area contributed by atoms with Crippen molar-refractivity contribution in [1.29, 1.82) is 0 Å². The summed E-state index contributed by atoms with van der Waals surface area (Å²) in [7, 11) is -5.18. The van der Waals surface area contributed by atoms with E-state index in [4.69, 9.17) is 18.5 Å². The van der Waals surface area contributed by atoms with Crippen molar-refractivity contribution in [3.63, 3.8) is 0 Å². The summed E-state index contributed by atoms with van der Waals surface area (Å²) in [6.07, 6.45) is 32.4. The van der Waals surface area contributed by atoms with Crippen LogP contribution in [0.15, 0.2) is 85.1 Å². The number of phosphoric ester groups is 1. The van der Waals surface area contributed by atoms with E-state index < -0.39 is 81.8 Å². The van der Waals surface area contributed by atoms with Gasteiger partial charge in [-0.2, -0.15) is 0 Å². The summed E-state index contributed by atoms with van der Waals surface area (Å²) in [5.41, 5.74) is 0. The van der Waals surface area contributed by atoms with Crippen molar-refractivity contribution in [2.75, 3.05) is 13.2 Å². The number of esters is 2. The lowest BCUT2D eigenvalue weighted by Crippen LogP contribution is -2.64. The highest BCUT2D eigenvalue weighted by Crippen LogP contribution is 2.47. The molecule has 14 nitrogen and oxygen atoms in total. The van der Waals surface area contributed by atoms with Gasteiger partial charge >= 0.3 is 19.8 Å². The molecule has 1 rings (SSSR count). The fourth-order valence-electron chi connectivity index (χ4n) is 6.51. The molecule has 0 aromatic rings. The largest absolute Gasteiger partial charge is 0.472 e. The Labute approximate surface area is 382 Å². The van der Waals surface area contributed by atoms with Gasteiger partial charge in [-0.3, -0.25) is 18.6 Å². The Kier molecular flexibility index (Phi) is 35.2. The second kappa shape index (κ2) is 38.1. The molecule has 0 aromatic carbocycles. The highest BCUT2D eigenvalue weighted by Gasteiger charge is 2.51. The summed E-state index contributed by atoms with van der Waals surface area (Å²) in [4.78, 5) is 35.7. The second-order valence-electron chi connectivity index (χ2n) is 16.1. The monoisotopic (exact) mass is 925 g/mol. The number of aliphatic hydroxyl groups is 6. The third-order valence-corrected chi connectivity index (χ3v) is 11.3. The SMILES string of the molecule is CC/C=C\C/C=C\C/C=C\C/C=C\C/C=C\C=C/C(O)CCC(=O)OC[C@H](COP(=O)(O)OC1[C@H](O)[C@H](O)C(O)[C@H](O)[C@H]1O)OC(=O)CCCCCCC/C=C\CCCCCCCC. The fourth-order valence-corrected chi connectivity index (χ4v) is 7.48. The molecule has 0 aromatic heterocycles. The number of hydrogen-bond acceptors (Lipinski definition) is 13. The molecular weight excluding hydrogens is 843 g/mol. The van der Waals surface area contributed by atoms with Crippen molar-refractivity contribution in [3.8, 4) is 0 Å². The topological polar surface area (TPSA) is 230 Å². The molecule has 0 amide bonds. The molecule has 0 spiro atoms. The number of hydrogen-bond donors (Lipinski definition) is 7. The Morgan fingerprint density at radius 3 is 1.64 bits per heavy atom. The van der Waals surface area contributed by atoms with E-state index in [1.165, 1.54) is 44.6 Å². The van der Waals surface area contributed by atoms with Gasteiger partial charge in [0.2, 0.25) is 0 Å². The molecule has 0 bridgehead atoms. The molecule has 4 unspecified atom stereocenters. The third kappa shape index (κ3) is 30.2. The molecule has 1 aliphatic carbocycles. The minimum absolute atomic E-state index is 0.0326. The quantitative estimate of drug-likeness (QED) is 0.0102. The summed E-state index contributed by atoms with van der Waals surface area (Å²) in [5.74, 6) is -1.40. The summed E-state index contributed by atoms with van der Waals surface area (Å²) in [6, 6.07) is 0. The number of carbonyl (C=O) groups is 2. The predicted molar refractivity (Wildman–Crippen MR) is 250 cm³/mol. The van der Waals surface area contributed by atoms with E-state index in [0.717, 1.165) is 70.6 Å². The van der Waals surface area contributed by atoms with Gasteiger partial charge in [0.25, 0.3) is 0 Å². The molecular formula is C49H81O14P. The van der Waals surface area contributed by atoms with E-state index in [-0.39, 0.29) is 19.3 Å². The van der Waals surface area contributed by atoms with Gasteiger partial charge in [-0.15, -0.1) is 0 Å². The van der Waals surface area contributed by atoms with Gasteiger partial charge < -0.3 is 45.0 Å². The Bertz CT molecular complexity index is 1460. The molecule has 0 heterocycles. The average molecular weight is 925 g/mol. The molecule has 0 saturated heterocycles. The maximum Gasteiger partial charge on any atom is 0.472 e. The first-order valence-electron chi connectivity index (χ1n) is 23.5. The van der Waals surface area contributed by atoms with Crippen LogP contribution in [-0.4, -0.2) is 110 Å². The van der Waals surface area contributed by atoms with E-state index in [0.29, 0.717) is 6.42 Å². The van der Waals surface area contributed by atoms with Gasteiger partial charge in [0, 0.05) is 12.8 Å². The van der Waals surface area contributed by atoms with E-state index in [2.05, 4.69) is 68.5 Å². The van der Waals surface area contributed by atoms with Crippen LogP contribution in [0.1, 0.15) is 149 Å². The Hall–Kier alpha value is -3.01. The van der Waals surface area contributed by atoms with Crippen LogP contribution in [-0.2, 0) is 32.7 Å². The van der Waals surface area contributed by atoms with Crippen LogP contribution in [0.25, 0.3) is 0 Å². The molecule has 0 radical (unpaired) electrons. The van der Waals surface area contributed by atoms with Gasteiger partial charge in [-0.05, 0) is 70.6 Å². The number of unbranched alkanes of at least 4 members (excludes halogenated alkanes) is 11. The summed E-state index contributed by atoms with van der Waals surface area (Å²) in [6.45, 7) is 2.95. The second-order valence-corrected chi connectivity index (χ2v) is 17.5. The van der Waals surface area contributed by atoms with Crippen molar-refractivity contribution < 1.29 is 68.2 Å². The predicted octanol–water partition coefficient (Wildman–Crippen LogP) is 8.25. The standard InChI is InChI=1S/C49H81O14P/c1-3-5-7-9-11-13-15-17-19-21-22-24-26-28-30-32-34-40(50)36-37-42(51)60-38-41(39-61-64(58,59)63-49-47(56)45(54)44(53)46(55)48(49)57)62-43(52)35-33-31-29-27-25-23-20-18-16-14-12-10-8-6-4-2/h5,7,11,13,17-20,22,24,28,30,32,34,40-41,44-50,53-57H,3-4,6,8-10,12,14-16,21,23,25-27,29,31,33,35-39H2,1-2H3,(H,58,59)/b7-5-,13-11-,19-17-,20-18-,24-22-,30-28-,34-32-/t40?,41-,44?,45-,46+,47-,48-,49?/m1/s1. The van der Waals surface area contributed by atoms with Gasteiger partial charge in [0.05, 0.1) is 12.7 Å².